The van der Waals surface area contributed by atoms with E-state index >= 15 is 0 Å². The Morgan fingerprint density at radius 1 is 0.213 bits per heavy atom. The largest absolute Gasteiger partial charge is 0.0654 e. The molecule has 0 spiro atoms. The lowest BCUT2D eigenvalue weighted by atomic mass is 9.64. The number of unbranched alkanes of at least 4 members (excludes halogenated alkanes) is 2. The summed E-state index contributed by atoms with van der Waals surface area (Å²) < 4.78 is 0. The van der Waals surface area contributed by atoms with Gasteiger partial charge in [0, 0.05) is 27.1 Å². The van der Waals surface area contributed by atoms with Crippen molar-refractivity contribution in [1.29, 1.82) is 0 Å². The number of hydrogen-bond acceptors (Lipinski definition) is 0. The van der Waals surface area contributed by atoms with Gasteiger partial charge in [-0.15, -0.1) is 0 Å². The number of hydrogen-bond donors (Lipinski definition) is 0. The maximum Gasteiger partial charge on any atom is 0.0220 e. The second-order valence-corrected chi connectivity index (χ2v) is 38.6. The van der Waals surface area contributed by atoms with Crippen molar-refractivity contribution in [1.82, 2.24) is 0 Å². The van der Waals surface area contributed by atoms with Crippen LogP contribution in [0, 0.1) is 66.1 Å². The Morgan fingerprint density at radius 2 is 0.426 bits per heavy atom. The molecule has 13 rings (SSSR count). The zero-order chi connectivity index (χ0) is 76.9. The Morgan fingerprint density at radius 3 is 0.704 bits per heavy atom. The first kappa shape index (κ1) is 79.8. The first-order valence-electron chi connectivity index (χ1n) is 45.1. The summed E-state index contributed by atoms with van der Waals surface area (Å²) >= 11 is 0. The summed E-state index contributed by atoms with van der Waals surface area (Å²) in [7, 11) is 0. The first-order valence-corrected chi connectivity index (χ1v) is 45.1. The van der Waals surface area contributed by atoms with Crippen LogP contribution in [0.5, 0.6) is 0 Å². The summed E-state index contributed by atoms with van der Waals surface area (Å²) in [6.45, 7) is 52.4. The molecule has 0 bridgehead atoms. The van der Waals surface area contributed by atoms with Crippen molar-refractivity contribution in [2.45, 2.75) is 327 Å². The highest BCUT2D eigenvalue weighted by atomic mass is 14.6. The Hall–Kier alpha value is -6.24. The van der Waals surface area contributed by atoms with Gasteiger partial charge in [0.25, 0.3) is 0 Å². The topological polar surface area (TPSA) is 0 Å². The van der Waals surface area contributed by atoms with Gasteiger partial charge in [-0.3, -0.25) is 0 Å². The number of aryl methyl sites for hydroxylation is 1. The zero-order valence-electron chi connectivity index (χ0n) is 72.0. The standard InChI is InChI=1S/C108H144/c1-22-32-36-78(20)67-108(68-79(21)37-33-23-2)95-50-77(19)40-45-85(95)86-46-41-82(53-98(86)108)80-42-47-87-88-48-43-81(52-97(88)105(96(87)51-80,61-71(13)26-5)62-72(14)27-6)83-44-49-89-91-56-103-93(58-101(91)106(99(89)54-83,63-73(15)28-7)64-74(16)29-8)92-57-100-90(55-102(92)107(103,65-75(17)30-9)66-76(18)31-10)84-38-34-35-39-94(84)104(100,59-69(11)24-3)60-70(12)25-4/h34-35,38-58,69-76,78-79H,22-33,36-37,59-68H2,1-21H3. The minimum absolute atomic E-state index is 0.0177. The molecule has 0 aromatic heterocycles. The fourth-order valence-corrected chi connectivity index (χ4v) is 23.3. The molecule has 8 aromatic rings. The van der Waals surface area contributed by atoms with Crippen molar-refractivity contribution in [2.75, 3.05) is 0 Å². The van der Waals surface area contributed by atoms with Gasteiger partial charge in [0.15, 0.2) is 0 Å². The second-order valence-electron chi connectivity index (χ2n) is 38.6. The van der Waals surface area contributed by atoms with Crippen LogP contribution in [0.1, 0.15) is 354 Å². The molecule has 0 saturated heterocycles. The monoisotopic (exact) mass is 1440 g/mol. The molecule has 0 saturated carbocycles. The third kappa shape index (κ3) is 14.0. The number of benzene rings is 8. The van der Waals surface area contributed by atoms with Gasteiger partial charge < -0.3 is 0 Å². The van der Waals surface area contributed by atoms with Gasteiger partial charge in [-0.05, 0) is 312 Å². The van der Waals surface area contributed by atoms with Crippen LogP contribution >= 0.6 is 0 Å². The van der Waals surface area contributed by atoms with E-state index in [2.05, 4.69) is 285 Å². The van der Waals surface area contributed by atoms with Gasteiger partial charge in [-0.1, -0.05) is 325 Å². The highest BCUT2D eigenvalue weighted by molar-refractivity contribution is 5.95. The van der Waals surface area contributed by atoms with E-state index in [0.29, 0.717) is 59.2 Å². The molecule has 0 heteroatoms. The van der Waals surface area contributed by atoms with Gasteiger partial charge in [-0.25, -0.2) is 0 Å². The molecular weight excluding hydrogens is 1300 g/mol. The number of rotatable bonds is 36. The van der Waals surface area contributed by atoms with Crippen LogP contribution in [0.15, 0.2) is 140 Å². The number of fused-ring (bicyclic) bond motifs is 15. The van der Waals surface area contributed by atoms with E-state index in [1.165, 1.54) is 201 Å². The fourth-order valence-electron chi connectivity index (χ4n) is 23.3. The molecule has 0 heterocycles. The lowest BCUT2D eigenvalue weighted by molar-refractivity contribution is 0.294. The molecule has 576 valence electrons. The lowest BCUT2D eigenvalue weighted by Crippen LogP contribution is -2.32. The normalized spacial score (nSPS) is 23.0. The van der Waals surface area contributed by atoms with Gasteiger partial charge in [0.1, 0.15) is 0 Å². The Labute approximate surface area is 660 Å². The summed E-state index contributed by atoms with van der Waals surface area (Å²) in [4.78, 5) is 0. The van der Waals surface area contributed by atoms with E-state index in [1.807, 2.05) is 0 Å². The molecule has 5 aliphatic rings. The van der Waals surface area contributed by atoms with Crippen molar-refractivity contribution in [2.24, 2.45) is 59.2 Å². The smallest absolute Gasteiger partial charge is 0.0220 e. The van der Waals surface area contributed by atoms with Crippen molar-refractivity contribution in [3.8, 4) is 77.9 Å². The average Bonchev–Trinajstić information content (AvgIpc) is 1.52. The van der Waals surface area contributed by atoms with Gasteiger partial charge in [0.05, 0.1) is 0 Å². The predicted octanol–water partition coefficient (Wildman–Crippen LogP) is 32.6. The van der Waals surface area contributed by atoms with Crippen LogP contribution in [0.3, 0.4) is 0 Å². The third-order valence-corrected chi connectivity index (χ3v) is 30.4. The van der Waals surface area contributed by atoms with E-state index in [4.69, 9.17) is 0 Å². The summed E-state index contributed by atoms with van der Waals surface area (Å²) in [5.74, 6) is 5.90. The predicted molar refractivity (Wildman–Crippen MR) is 472 cm³/mol. The van der Waals surface area contributed by atoms with E-state index in [0.717, 1.165) is 25.7 Å². The van der Waals surface area contributed by atoms with Gasteiger partial charge >= 0.3 is 0 Å². The van der Waals surface area contributed by atoms with Crippen molar-refractivity contribution < 1.29 is 0 Å². The molecule has 10 atom stereocenters. The highest BCUT2D eigenvalue weighted by Gasteiger charge is 2.54. The van der Waals surface area contributed by atoms with E-state index in [1.54, 1.807) is 66.8 Å². The van der Waals surface area contributed by atoms with Crippen molar-refractivity contribution in [3.63, 3.8) is 0 Å². The Bertz CT molecular complexity index is 4430. The van der Waals surface area contributed by atoms with E-state index < -0.39 is 0 Å². The van der Waals surface area contributed by atoms with Crippen molar-refractivity contribution in [3.05, 3.63) is 201 Å². The average molecular weight is 1440 g/mol. The second kappa shape index (κ2) is 32.5. The Balaban J connectivity index is 0.990. The van der Waals surface area contributed by atoms with Crippen molar-refractivity contribution >= 4 is 0 Å². The van der Waals surface area contributed by atoms with Crippen LogP contribution in [0.4, 0.5) is 0 Å². The summed E-state index contributed by atoms with van der Waals surface area (Å²) in [5, 5.41) is 0. The molecule has 0 aliphatic heterocycles. The summed E-state index contributed by atoms with van der Waals surface area (Å²) in [6, 6.07) is 60.4. The van der Waals surface area contributed by atoms with Crippen LogP contribution in [0.2, 0.25) is 0 Å². The van der Waals surface area contributed by atoms with E-state index in [-0.39, 0.29) is 27.1 Å². The minimum atomic E-state index is -0.150. The summed E-state index contributed by atoms with van der Waals surface area (Å²) in [5.41, 5.74) is 37.6. The summed E-state index contributed by atoms with van der Waals surface area (Å²) in [6.07, 6.45) is 29.0. The zero-order valence-corrected chi connectivity index (χ0v) is 72.0. The van der Waals surface area contributed by atoms with Crippen LogP contribution in [0.25, 0.3) is 77.9 Å². The molecule has 8 aromatic carbocycles. The maximum atomic E-state index is 2.91. The quantitative estimate of drug-likeness (QED) is 0.0367. The maximum absolute atomic E-state index is 2.91. The highest BCUT2D eigenvalue weighted by Crippen LogP contribution is 2.67. The molecule has 0 N–H and O–H groups in total. The molecule has 0 nitrogen and oxygen atoms in total. The van der Waals surface area contributed by atoms with Gasteiger partial charge in [-0.2, -0.15) is 0 Å². The van der Waals surface area contributed by atoms with Crippen LogP contribution in [-0.4, -0.2) is 0 Å². The Kier molecular flexibility index (Phi) is 24.0. The first-order chi connectivity index (χ1) is 51.9. The van der Waals surface area contributed by atoms with Crippen LogP contribution < -0.4 is 0 Å². The lowest BCUT2D eigenvalue weighted by Gasteiger charge is -2.39. The van der Waals surface area contributed by atoms with E-state index in [9.17, 15) is 0 Å². The molecule has 0 amide bonds. The molecule has 108 heavy (non-hydrogen) atoms. The fraction of sp³-hybridized carbons (Fsp3) is 0.556. The molecule has 10 unspecified atom stereocenters. The molecule has 0 fully saturated rings. The minimum Gasteiger partial charge on any atom is -0.0654 e. The third-order valence-electron chi connectivity index (χ3n) is 30.4. The molecule has 5 aliphatic carbocycles. The SMILES string of the molecule is CCCCC(C)CC1(CC(C)CCCC)c2cc(C)ccc2-c2ccc(-c3ccc4c(c3)C(CC(C)CC)(CC(C)CC)c3cc(-c5ccc6c(c5)C(CC(C)CC)(CC(C)CC)c5cc7c(cc5-6)C(CC(C)CC)(CC(C)CC)c5cc6c(cc5-7)C(CC(C)CC)(CC(C)CC)c5ccccc5-6)ccc3-4)cc21. The van der Waals surface area contributed by atoms with Crippen LogP contribution in [-0.2, 0) is 27.1 Å². The molecule has 0 radical (unpaired) electrons. The molecular formula is C108H144. The van der Waals surface area contributed by atoms with Gasteiger partial charge in [0.2, 0.25) is 0 Å².